The molecule has 2 atom stereocenters. The molecule has 2 unspecified atom stereocenters. The van der Waals surface area contributed by atoms with Crippen molar-refractivity contribution in [2.24, 2.45) is 5.92 Å². The largest absolute Gasteiger partial charge is 0.247 e. The lowest BCUT2D eigenvalue weighted by Gasteiger charge is -2.19. The highest BCUT2D eigenvalue weighted by Crippen LogP contribution is 2.04. The second-order valence-electron chi connectivity index (χ2n) is 2.69. The van der Waals surface area contributed by atoms with Gasteiger partial charge in [0.15, 0.2) is 0 Å². The minimum Gasteiger partial charge on any atom is -0.247 e. The average Bonchev–Trinajstić information content (AvgIpc) is 1.98. The fourth-order valence-electron chi connectivity index (χ4n) is 0.682. The van der Waals surface area contributed by atoms with Crippen LogP contribution in [-0.2, 0) is 0 Å². The van der Waals surface area contributed by atoms with E-state index in [-0.39, 0.29) is 0 Å². The van der Waals surface area contributed by atoms with Crippen LogP contribution in [0, 0.1) is 5.92 Å². The Hall–Kier alpha value is -0.120. The van der Waals surface area contributed by atoms with Gasteiger partial charge in [0.25, 0.3) is 0 Å². The van der Waals surface area contributed by atoms with Crippen molar-refractivity contribution in [2.75, 3.05) is 7.05 Å². The van der Waals surface area contributed by atoms with Crippen LogP contribution in [0.4, 0.5) is 0 Å². The van der Waals surface area contributed by atoms with Gasteiger partial charge in [-0.05, 0) is 19.9 Å². The molecule has 0 spiro atoms. The highest BCUT2D eigenvalue weighted by atomic mass is 15.6. The summed E-state index contributed by atoms with van der Waals surface area (Å²) in [6.07, 6.45) is 1.21. The van der Waals surface area contributed by atoms with Crippen LogP contribution in [0.15, 0.2) is 0 Å². The van der Waals surface area contributed by atoms with E-state index < -0.39 is 0 Å². The van der Waals surface area contributed by atoms with E-state index in [1.807, 2.05) is 7.05 Å². The van der Waals surface area contributed by atoms with Crippen molar-refractivity contribution >= 4 is 0 Å². The van der Waals surface area contributed by atoms with Crippen molar-refractivity contribution in [3.05, 3.63) is 0 Å². The Morgan fingerprint density at radius 2 is 1.90 bits per heavy atom. The lowest BCUT2D eigenvalue weighted by Crippen LogP contribution is -2.48. The standard InChI is InChI=1S/C7H19N3/c1-5-6(2)7(3)9-10-8-4/h6-10H,5H2,1-4H3. The third-order valence-corrected chi connectivity index (χ3v) is 1.92. The molecule has 0 aliphatic heterocycles. The second-order valence-corrected chi connectivity index (χ2v) is 2.69. The first-order valence-electron chi connectivity index (χ1n) is 3.89. The summed E-state index contributed by atoms with van der Waals surface area (Å²) < 4.78 is 0. The van der Waals surface area contributed by atoms with Gasteiger partial charge in [0, 0.05) is 6.04 Å². The van der Waals surface area contributed by atoms with Gasteiger partial charge in [-0.3, -0.25) is 0 Å². The molecule has 0 heterocycles. The monoisotopic (exact) mass is 145 g/mol. The first kappa shape index (κ1) is 9.88. The highest BCUT2D eigenvalue weighted by molar-refractivity contribution is 4.63. The van der Waals surface area contributed by atoms with Crippen LogP contribution in [0.1, 0.15) is 27.2 Å². The summed E-state index contributed by atoms with van der Waals surface area (Å²) in [5.41, 5.74) is 8.80. The lowest BCUT2D eigenvalue weighted by molar-refractivity contribution is 0.324. The van der Waals surface area contributed by atoms with E-state index in [4.69, 9.17) is 0 Å². The van der Waals surface area contributed by atoms with Crippen LogP contribution in [-0.4, -0.2) is 13.1 Å². The van der Waals surface area contributed by atoms with Gasteiger partial charge in [-0.1, -0.05) is 20.3 Å². The van der Waals surface area contributed by atoms with Crippen molar-refractivity contribution < 1.29 is 0 Å². The Balaban J connectivity index is 3.31. The summed E-state index contributed by atoms with van der Waals surface area (Å²) in [6, 6.07) is 0.512. The Labute approximate surface area is 63.5 Å². The SMILES string of the molecule is CCC(C)C(C)NNNC. The topological polar surface area (TPSA) is 36.1 Å². The number of hydrogen-bond acceptors (Lipinski definition) is 3. The summed E-state index contributed by atoms with van der Waals surface area (Å²) in [5.74, 6) is 0.709. The third kappa shape index (κ3) is 3.82. The van der Waals surface area contributed by atoms with Crippen LogP contribution in [0.3, 0.4) is 0 Å². The van der Waals surface area contributed by atoms with E-state index >= 15 is 0 Å². The zero-order chi connectivity index (χ0) is 7.98. The zero-order valence-electron chi connectivity index (χ0n) is 7.36. The molecule has 0 saturated carbocycles. The molecule has 0 aromatic heterocycles. The number of rotatable bonds is 5. The van der Waals surface area contributed by atoms with E-state index in [2.05, 4.69) is 37.2 Å². The van der Waals surface area contributed by atoms with Crippen molar-refractivity contribution in [1.82, 2.24) is 16.4 Å². The molecule has 62 valence electrons. The number of nitrogens with one attached hydrogen (secondary N) is 3. The Morgan fingerprint density at radius 3 is 2.30 bits per heavy atom. The van der Waals surface area contributed by atoms with Gasteiger partial charge < -0.3 is 0 Å². The quantitative estimate of drug-likeness (QED) is 0.497. The zero-order valence-corrected chi connectivity index (χ0v) is 7.36. The summed E-state index contributed by atoms with van der Waals surface area (Å²) in [5, 5.41) is 0. The first-order chi connectivity index (χ1) is 4.72. The van der Waals surface area contributed by atoms with Gasteiger partial charge in [-0.25, -0.2) is 10.9 Å². The van der Waals surface area contributed by atoms with Crippen LogP contribution < -0.4 is 16.4 Å². The smallest absolute Gasteiger partial charge is 0.0223 e. The molecule has 0 aliphatic rings. The average molecular weight is 145 g/mol. The first-order valence-corrected chi connectivity index (χ1v) is 3.89. The maximum atomic E-state index is 3.12. The molecule has 0 aromatic rings. The molecule has 0 amide bonds. The van der Waals surface area contributed by atoms with Gasteiger partial charge in [0.05, 0.1) is 0 Å². The van der Waals surface area contributed by atoms with Gasteiger partial charge in [0.2, 0.25) is 0 Å². The van der Waals surface area contributed by atoms with Gasteiger partial charge in [-0.2, -0.15) is 5.53 Å². The summed E-state index contributed by atoms with van der Waals surface area (Å²) in [6.45, 7) is 6.59. The van der Waals surface area contributed by atoms with Crippen molar-refractivity contribution in [3.8, 4) is 0 Å². The molecule has 0 aliphatic carbocycles. The summed E-state index contributed by atoms with van der Waals surface area (Å²) >= 11 is 0. The van der Waals surface area contributed by atoms with Gasteiger partial charge >= 0.3 is 0 Å². The molecule has 3 nitrogen and oxygen atoms in total. The molecule has 0 radical (unpaired) electrons. The van der Waals surface area contributed by atoms with Crippen molar-refractivity contribution in [1.29, 1.82) is 0 Å². The van der Waals surface area contributed by atoms with Gasteiger partial charge in [0.1, 0.15) is 0 Å². The number of hydrogen-bond donors (Lipinski definition) is 3. The molecule has 10 heavy (non-hydrogen) atoms. The molecular weight excluding hydrogens is 126 g/mol. The lowest BCUT2D eigenvalue weighted by atomic mass is 10.0. The minimum absolute atomic E-state index is 0.512. The summed E-state index contributed by atoms with van der Waals surface area (Å²) in [4.78, 5) is 0. The van der Waals surface area contributed by atoms with E-state index in [1.165, 1.54) is 6.42 Å². The van der Waals surface area contributed by atoms with Crippen LogP contribution in [0.2, 0.25) is 0 Å². The molecule has 0 rings (SSSR count). The maximum Gasteiger partial charge on any atom is 0.0223 e. The molecule has 3 N–H and O–H groups in total. The normalized spacial score (nSPS) is 16.8. The van der Waals surface area contributed by atoms with Crippen molar-refractivity contribution in [3.63, 3.8) is 0 Å². The van der Waals surface area contributed by atoms with Crippen LogP contribution >= 0.6 is 0 Å². The van der Waals surface area contributed by atoms with Crippen LogP contribution in [0.5, 0.6) is 0 Å². The third-order valence-electron chi connectivity index (χ3n) is 1.92. The minimum atomic E-state index is 0.512. The Morgan fingerprint density at radius 1 is 1.30 bits per heavy atom. The van der Waals surface area contributed by atoms with E-state index in [9.17, 15) is 0 Å². The molecule has 3 heteroatoms. The molecule has 0 bridgehead atoms. The predicted molar refractivity (Wildman–Crippen MR) is 44.2 cm³/mol. The van der Waals surface area contributed by atoms with Crippen molar-refractivity contribution in [2.45, 2.75) is 33.2 Å². The fourth-order valence-corrected chi connectivity index (χ4v) is 0.682. The summed E-state index contributed by atoms with van der Waals surface area (Å²) in [7, 11) is 1.84. The molecular formula is C7H19N3. The molecule has 0 fully saturated rings. The van der Waals surface area contributed by atoms with E-state index in [0.29, 0.717) is 12.0 Å². The molecule has 0 saturated heterocycles. The number of hydrazine groups is 2. The Kier molecular flexibility index (Phi) is 5.58. The van der Waals surface area contributed by atoms with Gasteiger partial charge in [-0.15, -0.1) is 0 Å². The molecule has 0 aromatic carbocycles. The van der Waals surface area contributed by atoms with E-state index in [1.54, 1.807) is 0 Å². The fraction of sp³-hybridized carbons (Fsp3) is 1.00. The van der Waals surface area contributed by atoms with Crippen LogP contribution in [0.25, 0.3) is 0 Å². The van der Waals surface area contributed by atoms with E-state index in [0.717, 1.165) is 0 Å². The predicted octanol–water partition coefficient (Wildman–Crippen LogP) is 0.650. The highest BCUT2D eigenvalue weighted by Gasteiger charge is 2.07. The Bertz CT molecular complexity index is 75.3. The second kappa shape index (κ2) is 5.65. The maximum absolute atomic E-state index is 3.12.